The van der Waals surface area contributed by atoms with Gasteiger partial charge >= 0.3 is 0 Å². The third kappa shape index (κ3) is 4.05. The van der Waals surface area contributed by atoms with Crippen LogP contribution in [0.15, 0.2) is 24.3 Å². The van der Waals surface area contributed by atoms with E-state index in [2.05, 4.69) is 12.2 Å². The highest BCUT2D eigenvalue weighted by Crippen LogP contribution is 2.14. The van der Waals surface area contributed by atoms with Crippen LogP contribution in [0.2, 0.25) is 0 Å². The number of rotatable bonds is 6. The van der Waals surface area contributed by atoms with Crippen LogP contribution >= 0.6 is 0 Å². The fourth-order valence-electron chi connectivity index (χ4n) is 2.25. The van der Waals surface area contributed by atoms with Crippen LogP contribution in [0.3, 0.4) is 0 Å². The lowest BCUT2D eigenvalue weighted by Gasteiger charge is -2.20. The summed E-state index contributed by atoms with van der Waals surface area (Å²) in [4.78, 5) is 0. The molecule has 0 amide bonds. The van der Waals surface area contributed by atoms with Crippen molar-refractivity contribution in [3.05, 3.63) is 35.6 Å². The Balaban J connectivity index is 1.92. The first-order valence-corrected chi connectivity index (χ1v) is 6.49. The van der Waals surface area contributed by atoms with Gasteiger partial charge in [-0.1, -0.05) is 19.1 Å². The Morgan fingerprint density at radius 2 is 2.17 bits per heavy atom. The maximum absolute atomic E-state index is 13.1. The van der Waals surface area contributed by atoms with E-state index < -0.39 is 0 Å². The summed E-state index contributed by atoms with van der Waals surface area (Å²) in [6.45, 7) is 4.29. The van der Waals surface area contributed by atoms with E-state index in [1.165, 1.54) is 6.07 Å². The van der Waals surface area contributed by atoms with Crippen molar-refractivity contribution in [3.8, 4) is 0 Å². The molecule has 3 nitrogen and oxygen atoms in total. The highest BCUT2D eigenvalue weighted by atomic mass is 19.1. The van der Waals surface area contributed by atoms with Crippen LogP contribution in [0.5, 0.6) is 0 Å². The molecule has 1 aromatic carbocycles. The Kier molecular flexibility index (Phi) is 5.11. The predicted molar refractivity (Wildman–Crippen MR) is 67.9 cm³/mol. The smallest absolute Gasteiger partial charge is 0.159 e. The SMILES string of the molecule is CCNC(Cc1cccc(F)c1)CC1OCCO1. The molecule has 1 aliphatic heterocycles. The zero-order valence-corrected chi connectivity index (χ0v) is 10.7. The average Bonchev–Trinajstić information content (AvgIpc) is 2.82. The van der Waals surface area contributed by atoms with Crippen LogP contribution < -0.4 is 5.32 Å². The minimum Gasteiger partial charge on any atom is -0.350 e. The summed E-state index contributed by atoms with van der Waals surface area (Å²) in [6.07, 6.45) is 1.46. The van der Waals surface area contributed by atoms with Gasteiger partial charge in [0.1, 0.15) is 5.82 Å². The number of likely N-dealkylation sites (N-methyl/N-ethyl adjacent to an activating group) is 1. The molecule has 1 aromatic rings. The van der Waals surface area contributed by atoms with Crippen molar-refractivity contribution in [2.75, 3.05) is 19.8 Å². The third-order valence-electron chi connectivity index (χ3n) is 3.03. The Hall–Kier alpha value is -0.970. The first-order valence-electron chi connectivity index (χ1n) is 6.49. The van der Waals surface area contributed by atoms with Crippen molar-refractivity contribution in [1.82, 2.24) is 5.32 Å². The van der Waals surface area contributed by atoms with Gasteiger partial charge in [-0.2, -0.15) is 0 Å². The average molecular weight is 253 g/mol. The zero-order valence-electron chi connectivity index (χ0n) is 10.7. The summed E-state index contributed by atoms with van der Waals surface area (Å²) in [5, 5.41) is 3.39. The summed E-state index contributed by atoms with van der Waals surface area (Å²) < 4.78 is 24.0. The second-order valence-electron chi connectivity index (χ2n) is 4.50. The van der Waals surface area contributed by atoms with Crippen LogP contribution in [-0.4, -0.2) is 32.1 Å². The summed E-state index contributed by atoms with van der Waals surface area (Å²) in [7, 11) is 0. The lowest BCUT2D eigenvalue weighted by atomic mass is 10.0. The molecule has 1 aliphatic rings. The van der Waals surface area contributed by atoms with E-state index in [9.17, 15) is 4.39 Å². The van der Waals surface area contributed by atoms with Crippen molar-refractivity contribution in [1.29, 1.82) is 0 Å². The van der Waals surface area contributed by atoms with Gasteiger partial charge in [0.2, 0.25) is 0 Å². The Morgan fingerprint density at radius 1 is 1.39 bits per heavy atom. The Labute approximate surface area is 107 Å². The minimum atomic E-state index is -0.184. The standard InChI is InChI=1S/C14H20FNO2/c1-2-16-13(10-14-17-6-7-18-14)9-11-4-3-5-12(15)8-11/h3-5,8,13-14,16H,2,6-7,9-10H2,1H3. The molecule has 1 unspecified atom stereocenters. The van der Waals surface area contributed by atoms with Gasteiger partial charge in [0.05, 0.1) is 13.2 Å². The summed E-state index contributed by atoms with van der Waals surface area (Å²) in [6, 6.07) is 7.00. The first-order chi connectivity index (χ1) is 8.78. The number of hydrogen-bond acceptors (Lipinski definition) is 3. The third-order valence-corrected chi connectivity index (χ3v) is 3.03. The van der Waals surface area contributed by atoms with Crippen molar-refractivity contribution in [2.45, 2.75) is 32.1 Å². The number of halogens is 1. The molecule has 0 spiro atoms. The van der Waals surface area contributed by atoms with E-state index >= 15 is 0 Å². The van der Waals surface area contributed by atoms with E-state index in [0.29, 0.717) is 13.2 Å². The molecular formula is C14H20FNO2. The molecule has 0 aliphatic carbocycles. The molecule has 0 bridgehead atoms. The molecule has 0 radical (unpaired) electrons. The van der Waals surface area contributed by atoms with E-state index in [-0.39, 0.29) is 18.1 Å². The molecule has 100 valence electrons. The van der Waals surface area contributed by atoms with Gasteiger partial charge in [-0.25, -0.2) is 4.39 Å². The van der Waals surface area contributed by atoms with Gasteiger partial charge in [-0.05, 0) is 30.7 Å². The monoisotopic (exact) mass is 253 g/mol. The number of benzene rings is 1. The van der Waals surface area contributed by atoms with Crippen LogP contribution in [0.25, 0.3) is 0 Å². The van der Waals surface area contributed by atoms with Crippen molar-refractivity contribution >= 4 is 0 Å². The van der Waals surface area contributed by atoms with E-state index in [1.54, 1.807) is 12.1 Å². The van der Waals surface area contributed by atoms with Gasteiger partial charge in [0.15, 0.2) is 6.29 Å². The first kappa shape index (κ1) is 13.5. The van der Waals surface area contributed by atoms with Crippen LogP contribution in [0.1, 0.15) is 18.9 Å². The maximum Gasteiger partial charge on any atom is 0.159 e. The molecule has 1 fully saturated rings. The van der Waals surface area contributed by atoms with E-state index in [4.69, 9.17) is 9.47 Å². The lowest BCUT2D eigenvalue weighted by Crippen LogP contribution is -2.34. The Bertz CT molecular complexity index is 367. The number of hydrogen-bond donors (Lipinski definition) is 1. The van der Waals surface area contributed by atoms with Gasteiger partial charge in [-0.15, -0.1) is 0 Å². The number of nitrogens with one attached hydrogen (secondary N) is 1. The molecule has 4 heteroatoms. The molecule has 2 rings (SSSR count). The highest BCUT2D eigenvalue weighted by molar-refractivity contribution is 5.17. The van der Waals surface area contributed by atoms with Crippen LogP contribution in [0, 0.1) is 5.82 Å². The van der Waals surface area contributed by atoms with Gasteiger partial charge < -0.3 is 14.8 Å². The van der Waals surface area contributed by atoms with Crippen molar-refractivity contribution in [3.63, 3.8) is 0 Å². The summed E-state index contributed by atoms with van der Waals surface area (Å²) in [5.74, 6) is -0.184. The quantitative estimate of drug-likeness (QED) is 0.842. The second kappa shape index (κ2) is 6.83. The summed E-state index contributed by atoms with van der Waals surface area (Å²) >= 11 is 0. The topological polar surface area (TPSA) is 30.5 Å². The fourth-order valence-corrected chi connectivity index (χ4v) is 2.25. The van der Waals surface area contributed by atoms with E-state index in [1.807, 2.05) is 6.07 Å². The highest BCUT2D eigenvalue weighted by Gasteiger charge is 2.21. The van der Waals surface area contributed by atoms with Crippen molar-refractivity contribution in [2.24, 2.45) is 0 Å². The molecule has 0 saturated carbocycles. The minimum absolute atomic E-state index is 0.123. The maximum atomic E-state index is 13.1. The molecule has 1 heterocycles. The fraction of sp³-hybridized carbons (Fsp3) is 0.571. The second-order valence-corrected chi connectivity index (χ2v) is 4.50. The molecule has 1 saturated heterocycles. The van der Waals surface area contributed by atoms with Gasteiger partial charge in [0.25, 0.3) is 0 Å². The van der Waals surface area contributed by atoms with E-state index in [0.717, 1.165) is 24.9 Å². The van der Waals surface area contributed by atoms with Crippen molar-refractivity contribution < 1.29 is 13.9 Å². The molecule has 0 aromatic heterocycles. The van der Waals surface area contributed by atoms with Gasteiger partial charge in [-0.3, -0.25) is 0 Å². The normalized spacial score (nSPS) is 18.1. The molecular weight excluding hydrogens is 233 g/mol. The van der Waals surface area contributed by atoms with Crippen LogP contribution in [0.4, 0.5) is 4.39 Å². The summed E-state index contributed by atoms with van der Waals surface area (Å²) in [5.41, 5.74) is 0.999. The molecule has 18 heavy (non-hydrogen) atoms. The molecule has 1 N–H and O–H groups in total. The predicted octanol–water partition coefficient (Wildman–Crippen LogP) is 2.11. The number of ether oxygens (including phenoxy) is 2. The van der Waals surface area contributed by atoms with Gasteiger partial charge in [0, 0.05) is 12.5 Å². The lowest BCUT2D eigenvalue weighted by molar-refractivity contribution is -0.0525. The molecule has 1 atom stereocenters. The largest absolute Gasteiger partial charge is 0.350 e. The van der Waals surface area contributed by atoms with Crippen LogP contribution in [-0.2, 0) is 15.9 Å². The zero-order chi connectivity index (χ0) is 12.8. The Morgan fingerprint density at radius 3 is 2.83 bits per heavy atom.